The van der Waals surface area contributed by atoms with Crippen LogP contribution in [0.15, 0.2) is 24.3 Å². The van der Waals surface area contributed by atoms with Crippen LogP contribution in [0.5, 0.6) is 5.75 Å². The van der Waals surface area contributed by atoms with Crippen molar-refractivity contribution in [2.75, 3.05) is 18.9 Å². The second-order valence-corrected chi connectivity index (χ2v) is 11.5. The van der Waals surface area contributed by atoms with Crippen LogP contribution in [0, 0.1) is 0 Å². The molecule has 1 fully saturated rings. The molecule has 0 saturated carbocycles. The lowest BCUT2D eigenvalue weighted by Crippen LogP contribution is -2.27. The summed E-state index contributed by atoms with van der Waals surface area (Å²) in [5.41, 5.74) is 0.985. The maximum absolute atomic E-state index is 11.9. The Kier molecular flexibility index (Phi) is 15.7. The Morgan fingerprint density at radius 2 is 1.91 bits per heavy atom. The van der Waals surface area contributed by atoms with Crippen molar-refractivity contribution in [1.29, 1.82) is 0 Å². The second kappa shape index (κ2) is 17.4. The van der Waals surface area contributed by atoms with Crippen molar-refractivity contribution < 1.29 is 20.5 Å². The topological polar surface area (TPSA) is 72.5 Å². The van der Waals surface area contributed by atoms with Crippen molar-refractivity contribution in [3.05, 3.63) is 29.8 Å². The first-order valence-electron chi connectivity index (χ1n) is 11.4. The van der Waals surface area contributed by atoms with Gasteiger partial charge in [0.25, 0.3) is 0 Å². The second-order valence-electron chi connectivity index (χ2n) is 7.33. The fourth-order valence-electron chi connectivity index (χ4n) is 3.07. The Balaban J connectivity index is 0.00000332. The molecule has 2 atom stereocenters. The minimum atomic E-state index is -0.347. The summed E-state index contributed by atoms with van der Waals surface area (Å²) < 4.78 is 5.68. The minimum Gasteiger partial charge on any atom is -0.492 e. The molecule has 0 radical (unpaired) electrons. The molecule has 5 nitrogen and oxygen atoms in total. The molecule has 0 aliphatic carbocycles. The van der Waals surface area contributed by atoms with Crippen molar-refractivity contribution in [1.82, 2.24) is 5.32 Å². The van der Waals surface area contributed by atoms with Crippen LogP contribution in [0.2, 0.25) is 0 Å². The van der Waals surface area contributed by atoms with Crippen LogP contribution in [-0.2, 0) is 20.8 Å². The van der Waals surface area contributed by atoms with Crippen LogP contribution in [0.1, 0.15) is 66.8 Å². The summed E-state index contributed by atoms with van der Waals surface area (Å²) in [7, 11) is 3.95. The van der Waals surface area contributed by atoms with Gasteiger partial charge in [0, 0.05) is 25.8 Å². The molecule has 182 valence electrons. The SMILES string of the molecule is CC.CC(=O)SC(Cc1ccc(OCCNC(=O)CCCCC2CCSS2)cc1)C(C)=O.[HH]. The number of benzene rings is 1. The summed E-state index contributed by atoms with van der Waals surface area (Å²) in [4.78, 5) is 34.9. The number of thioether (sulfide) groups is 1. The van der Waals surface area contributed by atoms with Gasteiger partial charge in [-0.2, -0.15) is 0 Å². The largest absolute Gasteiger partial charge is 0.492 e. The Hall–Kier alpha value is -1.12. The van der Waals surface area contributed by atoms with E-state index in [0.717, 1.165) is 41.2 Å². The fourth-order valence-corrected chi connectivity index (χ4v) is 6.94. The van der Waals surface area contributed by atoms with Gasteiger partial charge < -0.3 is 10.1 Å². The molecule has 1 amide bonds. The molecular weight excluding hydrogens is 462 g/mol. The number of hydrogen-bond donors (Lipinski definition) is 1. The van der Waals surface area contributed by atoms with Gasteiger partial charge in [0.05, 0.1) is 11.8 Å². The van der Waals surface area contributed by atoms with Crippen LogP contribution < -0.4 is 10.1 Å². The lowest BCUT2D eigenvalue weighted by Gasteiger charge is -2.12. The first-order valence-corrected chi connectivity index (χ1v) is 14.6. The number of ether oxygens (including phenoxy) is 1. The molecule has 1 aromatic rings. The molecule has 1 saturated heterocycles. The predicted molar refractivity (Wildman–Crippen MR) is 142 cm³/mol. The molecular formula is C24H39NO4S3. The van der Waals surface area contributed by atoms with Crippen LogP contribution >= 0.6 is 33.3 Å². The lowest BCUT2D eigenvalue weighted by atomic mass is 10.1. The number of Topliss-reactive ketones (excluding diaryl/α,β-unsaturated/α-hetero) is 1. The van der Waals surface area contributed by atoms with Crippen LogP contribution in [0.3, 0.4) is 0 Å². The average molecular weight is 502 g/mol. The van der Waals surface area contributed by atoms with Gasteiger partial charge in [-0.3, -0.25) is 14.4 Å². The number of carbonyl (C=O) groups is 3. The van der Waals surface area contributed by atoms with Gasteiger partial charge in [-0.1, -0.05) is 65.8 Å². The van der Waals surface area contributed by atoms with Gasteiger partial charge in [-0.05, 0) is 50.3 Å². The highest BCUT2D eigenvalue weighted by molar-refractivity contribution is 8.77. The van der Waals surface area contributed by atoms with E-state index in [4.69, 9.17) is 4.74 Å². The molecule has 32 heavy (non-hydrogen) atoms. The van der Waals surface area contributed by atoms with E-state index in [2.05, 4.69) is 5.32 Å². The zero-order chi connectivity index (χ0) is 23.8. The molecule has 2 rings (SSSR count). The van der Waals surface area contributed by atoms with E-state index in [9.17, 15) is 14.4 Å². The zero-order valence-corrected chi connectivity index (χ0v) is 22.1. The minimum absolute atomic E-state index is 0. The number of hydrogen-bond acceptors (Lipinski definition) is 7. The van der Waals surface area contributed by atoms with Gasteiger partial charge in [-0.15, -0.1) is 0 Å². The molecule has 1 aliphatic heterocycles. The van der Waals surface area contributed by atoms with E-state index in [0.29, 0.717) is 26.0 Å². The van der Waals surface area contributed by atoms with E-state index >= 15 is 0 Å². The van der Waals surface area contributed by atoms with Crippen LogP contribution in [0.25, 0.3) is 0 Å². The summed E-state index contributed by atoms with van der Waals surface area (Å²) in [5, 5.41) is 3.28. The van der Waals surface area contributed by atoms with E-state index in [1.165, 1.54) is 32.4 Å². The predicted octanol–water partition coefficient (Wildman–Crippen LogP) is 5.95. The maximum Gasteiger partial charge on any atom is 0.220 e. The number of unbranched alkanes of at least 4 members (excludes halogenated alkanes) is 1. The van der Waals surface area contributed by atoms with E-state index < -0.39 is 0 Å². The van der Waals surface area contributed by atoms with Gasteiger partial charge in [0.15, 0.2) is 5.12 Å². The number of ketones is 1. The molecule has 0 bridgehead atoms. The Bertz CT molecular complexity index is 697. The van der Waals surface area contributed by atoms with E-state index in [-0.39, 0.29) is 23.5 Å². The Morgan fingerprint density at radius 1 is 1.19 bits per heavy atom. The first-order chi connectivity index (χ1) is 15.4. The van der Waals surface area contributed by atoms with Crippen molar-refractivity contribution in [3.8, 4) is 5.75 Å². The molecule has 8 heteroatoms. The third-order valence-electron chi connectivity index (χ3n) is 4.71. The van der Waals surface area contributed by atoms with E-state index in [1.54, 1.807) is 0 Å². The third-order valence-corrected chi connectivity index (χ3v) is 8.83. The Morgan fingerprint density at radius 3 is 2.50 bits per heavy atom. The molecule has 0 aromatic heterocycles. The number of nitrogens with one attached hydrogen (secondary N) is 1. The molecule has 1 aromatic carbocycles. The Labute approximate surface area is 206 Å². The third kappa shape index (κ3) is 12.8. The smallest absolute Gasteiger partial charge is 0.220 e. The van der Waals surface area contributed by atoms with E-state index in [1.807, 2.05) is 59.7 Å². The molecule has 2 unspecified atom stereocenters. The summed E-state index contributed by atoms with van der Waals surface area (Å²) >= 11 is 1.08. The fraction of sp³-hybridized carbons (Fsp3) is 0.625. The average Bonchev–Trinajstić information content (AvgIpc) is 3.29. The van der Waals surface area contributed by atoms with Crippen molar-refractivity contribution in [2.24, 2.45) is 0 Å². The standard InChI is InChI=1S/C22H31NO4S3.C2H6.H2/c1-16(24)21(29-17(2)25)15-18-7-9-19(10-8-18)27-13-12-23-22(26)6-4-3-5-20-11-14-28-30-20;1-2;/h7-10,20-21H,3-6,11-15H2,1-2H3,(H,23,26);1-2H3;1H. The zero-order valence-electron chi connectivity index (χ0n) is 19.7. The quantitative estimate of drug-likeness (QED) is 0.264. The summed E-state index contributed by atoms with van der Waals surface area (Å²) in [5.74, 6) is 2.07. The van der Waals surface area contributed by atoms with Gasteiger partial charge in [0.1, 0.15) is 18.1 Å². The number of carbonyl (C=O) groups excluding carboxylic acids is 3. The summed E-state index contributed by atoms with van der Waals surface area (Å²) in [6.45, 7) is 7.89. The van der Waals surface area contributed by atoms with Crippen LogP contribution in [0.4, 0.5) is 0 Å². The van der Waals surface area contributed by atoms with Gasteiger partial charge in [-0.25, -0.2) is 0 Å². The lowest BCUT2D eigenvalue weighted by molar-refractivity contribution is -0.121. The molecule has 0 spiro atoms. The maximum atomic E-state index is 11.9. The van der Waals surface area contributed by atoms with Crippen molar-refractivity contribution >= 4 is 50.2 Å². The molecule has 1 aliphatic rings. The monoisotopic (exact) mass is 501 g/mol. The van der Waals surface area contributed by atoms with Gasteiger partial charge >= 0.3 is 0 Å². The van der Waals surface area contributed by atoms with Gasteiger partial charge in [0.2, 0.25) is 5.91 Å². The normalized spacial score (nSPS) is 15.9. The summed E-state index contributed by atoms with van der Waals surface area (Å²) in [6, 6.07) is 7.52. The highest BCUT2D eigenvalue weighted by Gasteiger charge is 2.18. The number of rotatable bonds is 13. The summed E-state index contributed by atoms with van der Waals surface area (Å²) in [6.07, 6.45) is 5.67. The highest BCUT2D eigenvalue weighted by Crippen LogP contribution is 2.39. The molecule has 1 heterocycles. The first kappa shape index (κ1) is 28.9. The number of amides is 1. The van der Waals surface area contributed by atoms with Crippen LogP contribution in [-0.4, -0.2) is 46.2 Å². The highest BCUT2D eigenvalue weighted by atomic mass is 33.1. The van der Waals surface area contributed by atoms with Crippen molar-refractivity contribution in [3.63, 3.8) is 0 Å². The van der Waals surface area contributed by atoms with Crippen molar-refractivity contribution in [2.45, 2.75) is 76.7 Å². The molecule has 1 N–H and O–H groups in total.